The number of piperidine rings is 1. The van der Waals surface area contributed by atoms with Gasteiger partial charge in [-0.15, -0.1) is 0 Å². The Hall–Kier alpha value is -2.56. The van der Waals surface area contributed by atoms with E-state index < -0.39 is 11.9 Å². The van der Waals surface area contributed by atoms with Gasteiger partial charge in [0.05, 0.1) is 6.04 Å². The lowest BCUT2D eigenvalue weighted by Gasteiger charge is -2.33. The largest absolute Gasteiger partial charge is 0.478 e. The Morgan fingerprint density at radius 2 is 1.97 bits per heavy atom. The van der Waals surface area contributed by atoms with Crippen LogP contribution in [0, 0.1) is 11.7 Å². The molecule has 0 aliphatic carbocycles. The minimum Gasteiger partial charge on any atom is -0.478 e. The van der Waals surface area contributed by atoms with E-state index in [1.807, 2.05) is 13.8 Å². The molecule has 1 heterocycles. The molecule has 0 saturated carbocycles. The fourth-order valence-electron chi connectivity index (χ4n) is 3.80. The highest BCUT2D eigenvalue weighted by Crippen LogP contribution is 2.25. The number of halogens is 1. The van der Waals surface area contributed by atoms with Crippen molar-refractivity contribution in [3.63, 3.8) is 0 Å². The molecule has 3 rings (SSSR count). The van der Waals surface area contributed by atoms with Crippen molar-refractivity contribution in [2.24, 2.45) is 5.92 Å². The van der Waals surface area contributed by atoms with Gasteiger partial charge in [0.1, 0.15) is 0 Å². The molecule has 156 valence electrons. The summed E-state index contributed by atoms with van der Waals surface area (Å²) in [6.07, 6.45) is 2.25. The second-order valence-corrected chi connectivity index (χ2v) is 7.96. The number of rotatable bonds is 7. The predicted octanol–water partition coefficient (Wildman–Crippen LogP) is 5.10. The summed E-state index contributed by atoms with van der Waals surface area (Å²) in [5.41, 5.74) is 2.26. The number of hydrogen-bond donors (Lipinski definition) is 1. The Morgan fingerprint density at radius 3 is 2.62 bits per heavy atom. The average Bonchev–Trinajstić information content (AvgIpc) is 2.73. The lowest BCUT2D eigenvalue weighted by Crippen LogP contribution is -2.39. The molecule has 3 atom stereocenters. The second-order valence-electron chi connectivity index (χ2n) is 7.96. The molecule has 2 aromatic carbocycles. The molecule has 0 spiro atoms. The van der Waals surface area contributed by atoms with Crippen LogP contribution in [-0.4, -0.2) is 25.1 Å². The van der Waals surface area contributed by atoms with Gasteiger partial charge in [-0.25, -0.2) is 4.39 Å². The Balaban J connectivity index is 1.60. The molecule has 29 heavy (non-hydrogen) atoms. The summed E-state index contributed by atoms with van der Waals surface area (Å²) >= 11 is 0. The Bertz CT molecular complexity index is 809. The topological polar surface area (TPSA) is 41.6 Å². The molecule has 1 amide bonds. The van der Waals surface area contributed by atoms with E-state index in [1.54, 1.807) is 12.1 Å². The number of para-hydroxylation sites is 1. The third kappa shape index (κ3) is 5.49. The standard InChI is InChI=1S/C24H31FN2O2/c1-4-22(29-23-10-6-5-9-21(23)25)24(28)26-18(3)19-11-13-20(14-12-19)27-15-7-8-17(2)16-27/h5-6,9-14,17-18,22H,4,7-8,15-16H2,1-3H3,(H,26,28)/t17-,18-,22+/m1/s1. The highest BCUT2D eigenvalue weighted by Gasteiger charge is 2.22. The first-order valence-electron chi connectivity index (χ1n) is 10.5. The summed E-state index contributed by atoms with van der Waals surface area (Å²) in [5.74, 6) is 0.121. The van der Waals surface area contributed by atoms with E-state index in [-0.39, 0.29) is 17.7 Å². The van der Waals surface area contributed by atoms with E-state index in [0.29, 0.717) is 6.42 Å². The number of anilines is 1. The molecule has 0 unspecified atom stereocenters. The van der Waals surface area contributed by atoms with Crippen LogP contribution in [0.2, 0.25) is 0 Å². The number of amides is 1. The fourth-order valence-corrected chi connectivity index (χ4v) is 3.80. The summed E-state index contributed by atoms with van der Waals surface area (Å²) in [6, 6.07) is 14.4. The van der Waals surface area contributed by atoms with Crippen LogP contribution in [0.15, 0.2) is 48.5 Å². The van der Waals surface area contributed by atoms with E-state index >= 15 is 0 Å². The highest BCUT2D eigenvalue weighted by molar-refractivity contribution is 5.81. The average molecular weight is 399 g/mol. The minimum absolute atomic E-state index is 0.0993. The Kier molecular flexibility index (Phi) is 7.13. The zero-order valence-corrected chi connectivity index (χ0v) is 17.5. The van der Waals surface area contributed by atoms with Crippen LogP contribution in [0.4, 0.5) is 10.1 Å². The molecular weight excluding hydrogens is 367 g/mol. The molecule has 1 aliphatic rings. The Morgan fingerprint density at radius 1 is 1.24 bits per heavy atom. The monoisotopic (exact) mass is 398 g/mol. The van der Waals surface area contributed by atoms with Crippen molar-refractivity contribution < 1.29 is 13.9 Å². The number of hydrogen-bond acceptors (Lipinski definition) is 3. The first-order valence-corrected chi connectivity index (χ1v) is 10.5. The first kappa shape index (κ1) is 21.2. The number of ether oxygens (including phenoxy) is 1. The minimum atomic E-state index is -0.733. The van der Waals surface area contributed by atoms with Gasteiger partial charge in [-0.2, -0.15) is 0 Å². The lowest BCUT2D eigenvalue weighted by molar-refractivity contribution is -0.128. The molecule has 0 radical (unpaired) electrons. The van der Waals surface area contributed by atoms with Crippen LogP contribution in [0.1, 0.15) is 51.6 Å². The predicted molar refractivity (Wildman–Crippen MR) is 115 cm³/mol. The van der Waals surface area contributed by atoms with E-state index in [1.165, 1.54) is 30.7 Å². The normalized spacial score (nSPS) is 18.8. The van der Waals surface area contributed by atoms with Gasteiger partial charge in [-0.1, -0.05) is 38.1 Å². The summed E-state index contributed by atoms with van der Waals surface area (Å²) in [7, 11) is 0. The van der Waals surface area contributed by atoms with Crippen molar-refractivity contribution >= 4 is 11.6 Å². The van der Waals surface area contributed by atoms with Gasteiger partial charge in [0.25, 0.3) is 5.91 Å². The van der Waals surface area contributed by atoms with Crippen LogP contribution in [0.5, 0.6) is 5.75 Å². The number of benzene rings is 2. The maximum absolute atomic E-state index is 13.8. The highest BCUT2D eigenvalue weighted by atomic mass is 19.1. The van der Waals surface area contributed by atoms with Gasteiger partial charge in [-0.3, -0.25) is 4.79 Å². The van der Waals surface area contributed by atoms with Gasteiger partial charge in [0.15, 0.2) is 17.7 Å². The number of carbonyl (C=O) groups excluding carboxylic acids is 1. The lowest BCUT2D eigenvalue weighted by atomic mass is 9.99. The molecule has 0 bridgehead atoms. The maximum Gasteiger partial charge on any atom is 0.261 e. The quantitative estimate of drug-likeness (QED) is 0.706. The van der Waals surface area contributed by atoms with Crippen LogP contribution in [-0.2, 0) is 4.79 Å². The van der Waals surface area contributed by atoms with Crippen molar-refractivity contribution in [3.8, 4) is 5.75 Å². The molecule has 1 fully saturated rings. The molecule has 0 aromatic heterocycles. The van der Waals surface area contributed by atoms with Gasteiger partial charge in [-0.05, 0) is 61.9 Å². The molecule has 4 nitrogen and oxygen atoms in total. The number of carbonyl (C=O) groups is 1. The molecule has 1 aliphatic heterocycles. The third-order valence-corrected chi connectivity index (χ3v) is 5.54. The van der Waals surface area contributed by atoms with Crippen LogP contribution in [0.25, 0.3) is 0 Å². The molecule has 1 saturated heterocycles. The Labute approximate surface area is 173 Å². The van der Waals surface area contributed by atoms with Crippen molar-refractivity contribution in [2.45, 2.75) is 52.2 Å². The van der Waals surface area contributed by atoms with Crippen LogP contribution < -0.4 is 15.0 Å². The summed E-state index contributed by atoms with van der Waals surface area (Å²) in [6.45, 7) is 8.29. The van der Waals surface area contributed by atoms with E-state index in [0.717, 1.165) is 24.6 Å². The summed E-state index contributed by atoms with van der Waals surface area (Å²) < 4.78 is 19.4. The van der Waals surface area contributed by atoms with E-state index in [2.05, 4.69) is 41.4 Å². The molecule has 2 aromatic rings. The number of nitrogens with zero attached hydrogens (tertiary/aromatic N) is 1. The zero-order chi connectivity index (χ0) is 20.8. The van der Waals surface area contributed by atoms with Crippen molar-refractivity contribution in [1.29, 1.82) is 0 Å². The van der Waals surface area contributed by atoms with Gasteiger partial charge in [0, 0.05) is 18.8 Å². The van der Waals surface area contributed by atoms with Crippen LogP contribution in [0.3, 0.4) is 0 Å². The number of nitrogens with one attached hydrogen (secondary N) is 1. The molecular formula is C24H31FN2O2. The smallest absolute Gasteiger partial charge is 0.261 e. The van der Waals surface area contributed by atoms with Crippen molar-refractivity contribution in [2.75, 3.05) is 18.0 Å². The van der Waals surface area contributed by atoms with Gasteiger partial charge < -0.3 is 15.0 Å². The third-order valence-electron chi connectivity index (χ3n) is 5.54. The zero-order valence-electron chi connectivity index (χ0n) is 17.5. The molecule has 5 heteroatoms. The SMILES string of the molecule is CC[C@H](Oc1ccccc1F)C(=O)N[C@H](C)c1ccc(N2CCC[C@@H](C)C2)cc1. The first-order chi connectivity index (χ1) is 14.0. The van der Waals surface area contributed by atoms with E-state index in [9.17, 15) is 9.18 Å². The van der Waals surface area contributed by atoms with E-state index in [4.69, 9.17) is 4.74 Å². The fraction of sp³-hybridized carbons (Fsp3) is 0.458. The summed E-state index contributed by atoms with van der Waals surface area (Å²) in [5, 5.41) is 2.99. The van der Waals surface area contributed by atoms with Crippen LogP contribution >= 0.6 is 0 Å². The van der Waals surface area contributed by atoms with Crippen molar-refractivity contribution in [3.05, 3.63) is 59.9 Å². The van der Waals surface area contributed by atoms with Crippen molar-refractivity contribution in [1.82, 2.24) is 5.32 Å². The second kappa shape index (κ2) is 9.77. The summed E-state index contributed by atoms with van der Waals surface area (Å²) in [4.78, 5) is 15.1. The maximum atomic E-state index is 13.8. The van der Waals surface area contributed by atoms with Gasteiger partial charge >= 0.3 is 0 Å². The molecule has 1 N–H and O–H groups in total. The van der Waals surface area contributed by atoms with Gasteiger partial charge in [0.2, 0.25) is 0 Å².